The number of aliphatic carboxylic acids is 1. The minimum absolute atomic E-state index is 0.138. The Labute approximate surface area is 108 Å². The lowest BCUT2D eigenvalue weighted by Gasteiger charge is -2.25. The summed E-state index contributed by atoms with van der Waals surface area (Å²) < 4.78 is 0. The van der Waals surface area contributed by atoms with Crippen LogP contribution in [0.4, 0.5) is 4.79 Å². The minimum atomic E-state index is -1.03. The molecule has 0 heterocycles. The van der Waals surface area contributed by atoms with Gasteiger partial charge in [0.15, 0.2) is 0 Å². The third-order valence-corrected chi connectivity index (χ3v) is 2.92. The Morgan fingerprint density at radius 2 is 2.06 bits per heavy atom. The zero-order valence-electron chi connectivity index (χ0n) is 11.1. The Hall–Kier alpha value is -1.77. The van der Waals surface area contributed by atoms with E-state index in [1.807, 2.05) is 13.0 Å². The molecule has 0 aliphatic heterocycles. The van der Waals surface area contributed by atoms with Crippen molar-refractivity contribution in [3.8, 4) is 6.07 Å². The third kappa shape index (κ3) is 5.04. The van der Waals surface area contributed by atoms with E-state index in [0.717, 1.165) is 0 Å². The van der Waals surface area contributed by atoms with Crippen LogP contribution >= 0.6 is 0 Å². The molecular weight excluding hydrogens is 234 g/mol. The van der Waals surface area contributed by atoms with Gasteiger partial charge >= 0.3 is 12.0 Å². The second kappa shape index (κ2) is 8.34. The fourth-order valence-corrected chi connectivity index (χ4v) is 1.50. The first-order valence-electron chi connectivity index (χ1n) is 6.13. The number of hydrogen-bond acceptors (Lipinski definition) is 3. The van der Waals surface area contributed by atoms with Gasteiger partial charge in [-0.15, -0.1) is 0 Å². The monoisotopic (exact) mass is 255 g/mol. The summed E-state index contributed by atoms with van der Waals surface area (Å²) in [5.74, 6) is -1.17. The maximum atomic E-state index is 11.9. The predicted octanol–water partition coefficient (Wildman–Crippen LogP) is 1.43. The normalized spacial score (nSPS) is 13.2. The van der Waals surface area contributed by atoms with E-state index in [0.29, 0.717) is 19.5 Å². The molecule has 0 saturated heterocycles. The first-order chi connectivity index (χ1) is 8.47. The number of nitrogens with one attached hydrogen (secondary N) is 1. The van der Waals surface area contributed by atoms with Crippen molar-refractivity contribution < 1.29 is 14.7 Å². The van der Waals surface area contributed by atoms with E-state index in [1.54, 1.807) is 13.8 Å². The quantitative estimate of drug-likeness (QED) is 0.719. The summed E-state index contributed by atoms with van der Waals surface area (Å²) in [6, 6.07) is 0.639. The molecule has 0 rings (SSSR count). The first kappa shape index (κ1) is 16.2. The van der Waals surface area contributed by atoms with E-state index in [2.05, 4.69) is 5.32 Å². The highest BCUT2D eigenvalue weighted by Crippen LogP contribution is 2.08. The van der Waals surface area contributed by atoms with Gasteiger partial charge in [0.1, 0.15) is 6.04 Å². The second-order valence-corrected chi connectivity index (χ2v) is 4.14. The van der Waals surface area contributed by atoms with Crippen molar-refractivity contribution in [1.29, 1.82) is 5.26 Å². The molecule has 18 heavy (non-hydrogen) atoms. The van der Waals surface area contributed by atoms with Gasteiger partial charge in [0, 0.05) is 13.1 Å². The maximum absolute atomic E-state index is 11.9. The van der Waals surface area contributed by atoms with Crippen LogP contribution in [-0.2, 0) is 4.79 Å². The van der Waals surface area contributed by atoms with Gasteiger partial charge in [0.05, 0.1) is 12.5 Å². The SMILES string of the molecule is CCC(C)C(NC(=O)N(CC)CCC#N)C(=O)O. The molecule has 0 bridgehead atoms. The van der Waals surface area contributed by atoms with Crippen LogP contribution in [0.3, 0.4) is 0 Å². The van der Waals surface area contributed by atoms with Gasteiger partial charge < -0.3 is 15.3 Å². The number of carboxylic acid groups (broad SMARTS) is 1. The van der Waals surface area contributed by atoms with Crippen molar-refractivity contribution in [3.05, 3.63) is 0 Å². The van der Waals surface area contributed by atoms with E-state index in [-0.39, 0.29) is 12.3 Å². The molecule has 102 valence electrons. The zero-order valence-corrected chi connectivity index (χ0v) is 11.1. The number of rotatable bonds is 7. The smallest absolute Gasteiger partial charge is 0.326 e. The van der Waals surface area contributed by atoms with E-state index < -0.39 is 18.0 Å². The molecule has 2 amide bonds. The standard InChI is InChI=1S/C12H21N3O3/c1-4-9(3)10(11(16)17)14-12(18)15(5-2)8-6-7-13/h9-10H,4-6,8H2,1-3H3,(H,14,18)(H,16,17). The number of carboxylic acids is 1. The summed E-state index contributed by atoms with van der Waals surface area (Å²) in [6.07, 6.45) is 0.907. The molecule has 0 aliphatic rings. The van der Waals surface area contributed by atoms with E-state index in [1.165, 1.54) is 4.90 Å². The zero-order chi connectivity index (χ0) is 14.1. The molecule has 0 saturated carbocycles. The topological polar surface area (TPSA) is 93.4 Å². The number of amides is 2. The summed E-state index contributed by atoms with van der Waals surface area (Å²) >= 11 is 0. The van der Waals surface area contributed by atoms with Gasteiger partial charge in [-0.25, -0.2) is 9.59 Å². The Kier molecular flexibility index (Phi) is 7.52. The Bertz CT molecular complexity index is 325. The highest BCUT2D eigenvalue weighted by atomic mass is 16.4. The number of carbonyl (C=O) groups excluding carboxylic acids is 1. The molecule has 2 N–H and O–H groups in total. The van der Waals surface area contributed by atoms with E-state index in [9.17, 15) is 9.59 Å². The summed E-state index contributed by atoms with van der Waals surface area (Å²) in [4.78, 5) is 24.4. The highest BCUT2D eigenvalue weighted by molar-refractivity contribution is 5.82. The molecule has 6 nitrogen and oxygen atoms in total. The van der Waals surface area contributed by atoms with Crippen LogP contribution in [0.1, 0.15) is 33.6 Å². The summed E-state index contributed by atoms with van der Waals surface area (Å²) in [5.41, 5.74) is 0. The van der Waals surface area contributed by atoms with Crippen LogP contribution in [0.25, 0.3) is 0 Å². The molecule has 0 aliphatic carbocycles. The second-order valence-electron chi connectivity index (χ2n) is 4.14. The van der Waals surface area contributed by atoms with Gasteiger partial charge in [-0.1, -0.05) is 20.3 Å². The predicted molar refractivity (Wildman–Crippen MR) is 66.9 cm³/mol. The van der Waals surface area contributed by atoms with Crippen molar-refractivity contribution in [2.45, 2.75) is 39.7 Å². The van der Waals surface area contributed by atoms with Crippen LogP contribution in [-0.4, -0.2) is 41.1 Å². The van der Waals surface area contributed by atoms with Crippen molar-refractivity contribution in [2.24, 2.45) is 5.92 Å². The molecule has 6 heteroatoms. The fourth-order valence-electron chi connectivity index (χ4n) is 1.50. The van der Waals surface area contributed by atoms with Crippen LogP contribution in [0.2, 0.25) is 0 Å². The number of nitrogens with zero attached hydrogens (tertiary/aromatic N) is 2. The van der Waals surface area contributed by atoms with E-state index in [4.69, 9.17) is 10.4 Å². The van der Waals surface area contributed by atoms with Crippen LogP contribution in [0, 0.1) is 17.2 Å². The van der Waals surface area contributed by atoms with Crippen LogP contribution in [0.5, 0.6) is 0 Å². The van der Waals surface area contributed by atoms with Gasteiger partial charge in [0.2, 0.25) is 0 Å². The van der Waals surface area contributed by atoms with Crippen molar-refractivity contribution in [3.63, 3.8) is 0 Å². The first-order valence-corrected chi connectivity index (χ1v) is 6.13. The average Bonchev–Trinajstić information content (AvgIpc) is 2.35. The molecule has 0 spiro atoms. The third-order valence-electron chi connectivity index (χ3n) is 2.92. The average molecular weight is 255 g/mol. The Morgan fingerprint density at radius 3 is 2.44 bits per heavy atom. The van der Waals surface area contributed by atoms with Crippen molar-refractivity contribution >= 4 is 12.0 Å². The Morgan fingerprint density at radius 1 is 1.44 bits per heavy atom. The van der Waals surface area contributed by atoms with Crippen molar-refractivity contribution in [2.75, 3.05) is 13.1 Å². The highest BCUT2D eigenvalue weighted by Gasteiger charge is 2.26. The lowest BCUT2D eigenvalue weighted by Crippen LogP contribution is -2.50. The number of carbonyl (C=O) groups is 2. The van der Waals surface area contributed by atoms with Crippen molar-refractivity contribution in [1.82, 2.24) is 10.2 Å². The van der Waals surface area contributed by atoms with Gasteiger partial charge in [0.25, 0.3) is 0 Å². The van der Waals surface area contributed by atoms with Gasteiger partial charge in [-0.05, 0) is 12.8 Å². The summed E-state index contributed by atoms with van der Waals surface area (Å²) in [7, 11) is 0. The molecule has 0 aromatic carbocycles. The maximum Gasteiger partial charge on any atom is 0.326 e. The minimum Gasteiger partial charge on any atom is -0.480 e. The summed E-state index contributed by atoms with van der Waals surface area (Å²) in [5, 5.41) is 20.1. The number of hydrogen-bond donors (Lipinski definition) is 2. The van der Waals surface area contributed by atoms with Gasteiger partial charge in [-0.3, -0.25) is 0 Å². The lowest BCUT2D eigenvalue weighted by atomic mass is 9.99. The van der Waals surface area contributed by atoms with Gasteiger partial charge in [-0.2, -0.15) is 5.26 Å². The largest absolute Gasteiger partial charge is 0.480 e. The van der Waals surface area contributed by atoms with E-state index >= 15 is 0 Å². The molecule has 0 aromatic rings. The molecule has 0 fully saturated rings. The molecule has 2 unspecified atom stereocenters. The molecule has 0 radical (unpaired) electrons. The van der Waals surface area contributed by atoms with Crippen LogP contribution < -0.4 is 5.32 Å². The number of urea groups is 1. The molecule has 2 atom stereocenters. The fraction of sp³-hybridized carbons (Fsp3) is 0.750. The Balaban J connectivity index is 4.57. The molecular formula is C12H21N3O3. The molecule has 0 aromatic heterocycles. The lowest BCUT2D eigenvalue weighted by molar-refractivity contribution is -0.140. The number of nitriles is 1. The summed E-state index contributed by atoms with van der Waals surface area (Å²) in [6.45, 7) is 6.20. The van der Waals surface area contributed by atoms with Crippen LogP contribution in [0.15, 0.2) is 0 Å².